The van der Waals surface area contributed by atoms with Crippen LogP contribution in [-0.4, -0.2) is 77.5 Å². The van der Waals surface area contributed by atoms with E-state index in [1.54, 1.807) is 24.8 Å². The molecule has 254 valence electrons. The van der Waals surface area contributed by atoms with Gasteiger partial charge < -0.3 is 47.1 Å². The molecule has 2 amide bonds. The smallest absolute Gasteiger partial charge is 0.311 e. The van der Waals surface area contributed by atoms with Gasteiger partial charge in [-0.2, -0.15) is 11.8 Å². The maximum atomic E-state index is 12.6. The van der Waals surface area contributed by atoms with Gasteiger partial charge in [0.25, 0.3) is 0 Å². The van der Waals surface area contributed by atoms with Crippen LogP contribution in [0.1, 0.15) is 62.5 Å². The topological polar surface area (TPSA) is 227 Å². The van der Waals surface area contributed by atoms with Crippen molar-refractivity contribution in [2.45, 2.75) is 75.9 Å². The van der Waals surface area contributed by atoms with E-state index in [0.717, 1.165) is 17.0 Å². The number of aliphatic hydroxyl groups is 2. The summed E-state index contributed by atoms with van der Waals surface area (Å²) < 4.78 is 0. The molecule has 0 aliphatic carbocycles. The first-order valence-corrected chi connectivity index (χ1v) is 16.7. The van der Waals surface area contributed by atoms with Gasteiger partial charge in [0.1, 0.15) is 12.2 Å². The van der Waals surface area contributed by atoms with Crippen molar-refractivity contribution in [1.82, 2.24) is 20.9 Å². The van der Waals surface area contributed by atoms with Crippen LogP contribution in [0.5, 0.6) is 0 Å². The molecule has 0 spiro atoms. The molecule has 5 rings (SSSR count). The largest absolute Gasteiger partial charge is 0.511 e. The molecule has 4 fully saturated rings. The molecule has 8 atom stereocenters. The summed E-state index contributed by atoms with van der Waals surface area (Å²) in [4.78, 5) is 51.8. The lowest BCUT2D eigenvalue weighted by atomic mass is 9.79. The number of hydrogen-bond donors (Lipinski definition) is 9. The molecule has 5 heterocycles. The predicted octanol–water partition coefficient (Wildman–Crippen LogP) is 2.14. The summed E-state index contributed by atoms with van der Waals surface area (Å²) >= 11 is 1.80. The van der Waals surface area contributed by atoms with Crippen molar-refractivity contribution < 1.29 is 39.6 Å². The van der Waals surface area contributed by atoms with Crippen LogP contribution in [0.2, 0.25) is 0 Å². The Morgan fingerprint density at radius 3 is 2.36 bits per heavy atom. The summed E-state index contributed by atoms with van der Waals surface area (Å²) in [5, 5.41) is 50.7. The van der Waals surface area contributed by atoms with Crippen LogP contribution < -0.4 is 21.7 Å². The maximum absolute atomic E-state index is 12.6. The number of nitrogens with one attached hydrogen (secondary N) is 4. The molecule has 0 bridgehead atoms. The van der Waals surface area contributed by atoms with Crippen molar-refractivity contribution in [3.05, 3.63) is 57.9 Å². The van der Waals surface area contributed by atoms with Crippen molar-refractivity contribution in [2.24, 2.45) is 29.4 Å². The number of rotatable bonds is 11. The van der Waals surface area contributed by atoms with E-state index in [9.17, 15) is 39.6 Å². The fraction of sp³-hybridized carbons (Fsp3) is 0.515. The number of H-pyrrole nitrogens is 1. The first kappa shape index (κ1) is 34.3. The lowest BCUT2D eigenvalue weighted by Crippen LogP contribution is -2.59. The van der Waals surface area contributed by atoms with Crippen molar-refractivity contribution in [1.29, 1.82) is 0 Å². The SMILES string of the molecule is C=CC1C(=O)N[C@H](C[C@]2(N)NC(=C/c3[nH]c(/C=C4\NC(=O)[C@H](C)[C@H]4[C@@H]4CS4)c(C)c3CCC(=O)O)/C(=C(/O)CC(=O)O)C2C)[C@@]1(C)O. The molecule has 14 heteroatoms. The Kier molecular flexibility index (Phi) is 9.16. The van der Waals surface area contributed by atoms with Crippen molar-refractivity contribution >= 4 is 47.7 Å². The van der Waals surface area contributed by atoms with Gasteiger partial charge in [-0.3, -0.25) is 19.2 Å². The molecule has 4 aliphatic heterocycles. The van der Waals surface area contributed by atoms with Gasteiger partial charge in [-0.05, 0) is 43.5 Å². The van der Waals surface area contributed by atoms with E-state index in [-0.39, 0.29) is 42.6 Å². The van der Waals surface area contributed by atoms with Crippen LogP contribution in [0.25, 0.3) is 12.2 Å². The van der Waals surface area contributed by atoms with E-state index < -0.39 is 59.2 Å². The standard InChI is InChI=1S/C33H43N5O8S/c1-6-18-31(45)37-25(32(18,5)46)12-33(34)16(4)29(23(39)11-27(42)43)22(38-33)10-20-17(7-8-26(40)41)14(2)19(35-20)9-21-28(24-13-47-24)15(3)30(44)36-21/h6,9-10,15-16,18,24-25,28,35,38-39,46H,1,7-8,11-13,34H2,2-5H3,(H,36,44)(H,37,45)(H,40,41)(H,42,43)/b21-9-,22-10+,29-23+/t15-,16?,18?,24+,25-,28-,32+,33+/m1/s1. The molecular formula is C33H43N5O8S. The summed E-state index contributed by atoms with van der Waals surface area (Å²) in [6.45, 7) is 10.7. The number of aliphatic carboxylic acids is 2. The van der Waals surface area contributed by atoms with Crippen LogP contribution in [0.4, 0.5) is 0 Å². The average Bonchev–Trinajstić information content (AvgIpc) is 3.58. The molecular weight excluding hydrogens is 626 g/mol. The second-order valence-corrected chi connectivity index (χ2v) is 14.6. The number of carbonyl (C=O) groups is 4. The monoisotopic (exact) mass is 669 g/mol. The van der Waals surface area contributed by atoms with E-state index in [1.807, 2.05) is 19.9 Å². The number of carboxylic acid groups (broad SMARTS) is 2. The zero-order valence-corrected chi connectivity index (χ0v) is 27.7. The van der Waals surface area contributed by atoms with Gasteiger partial charge in [0, 0.05) is 70.0 Å². The van der Waals surface area contributed by atoms with Gasteiger partial charge in [0.15, 0.2) is 0 Å². The Morgan fingerprint density at radius 2 is 1.79 bits per heavy atom. The minimum Gasteiger partial charge on any atom is -0.511 e. The molecule has 4 aliphatic rings. The van der Waals surface area contributed by atoms with Crippen LogP contribution in [0.15, 0.2) is 35.4 Å². The van der Waals surface area contributed by atoms with Gasteiger partial charge in [-0.15, -0.1) is 6.58 Å². The van der Waals surface area contributed by atoms with Crippen LogP contribution >= 0.6 is 11.8 Å². The molecule has 13 nitrogen and oxygen atoms in total. The highest BCUT2D eigenvalue weighted by atomic mass is 32.2. The van der Waals surface area contributed by atoms with Crippen molar-refractivity contribution in [3.63, 3.8) is 0 Å². The second kappa shape index (κ2) is 12.5. The molecule has 2 unspecified atom stereocenters. The van der Waals surface area contributed by atoms with Gasteiger partial charge >= 0.3 is 11.9 Å². The zero-order valence-electron chi connectivity index (χ0n) is 26.8. The number of carboxylic acids is 2. The third-order valence-corrected chi connectivity index (χ3v) is 11.2. The minimum atomic E-state index is -1.51. The van der Waals surface area contributed by atoms with Crippen LogP contribution in [0.3, 0.4) is 0 Å². The molecule has 0 aromatic carbocycles. The van der Waals surface area contributed by atoms with Gasteiger partial charge in [0.05, 0.1) is 23.2 Å². The molecule has 0 saturated carbocycles. The molecule has 10 N–H and O–H groups in total. The average molecular weight is 670 g/mol. The van der Waals surface area contributed by atoms with Crippen molar-refractivity contribution in [3.8, 4) is 0 Å². The first-order valence-electron chi connectivity index (χ1n) is 15.6. The lowest BCUT2D eigenvalue weighted by Gasteiger charge is -2.36. The Labute approximate surface area is 276 Å². The fourth-order valence-electron chi connectivity index (χ4n) is 7.22. The van der Waals surface area contributed by atoms with E-state index >= 15 is 0 Å². The number of allylic oxidation sites excluding steroid dienone is 2. The Balaban J connectivity index is 1.58. The normalized spacial score (nSPS) is 36.0. The van der Waals surface area contributed by atoms with Gasteiger partial charge in [-0.25, -0.2) is 0 Å². The zero-order chi connectivity index (χ0) is 34.6. The van der Waals surface area contributed by atoms with E-state index in [2.05, 4.69) is 27.5 Å². The Bertz CT molecular complexity index is 1620. The summed E-state index contributed by atoms with van der Waals surface area (Å²) in [5.41, 5.74) is 8.11. The van der Waals surface area contributed by atoms with Crippen LogP contribution in [-0.2, 0) is 25.6 Å². The summed E-state index contributed by atoms with van der Waals surface area (Å²) in [6, 6.07) is -0.793. The molecule has 47 heavy (non-hydrogen) atoms. The highest BCUT2D eigenvalue weighted by Gasteiger charge is 2.54. The number of aromatic nitrogens is 1. The van der Waals surface area contributed by atoms with E-state index in [1.165, 1.54) is 13.0 Å². The summed E-state index contributed by atoms with van der Waals surface area (Å²) in [5.74, 6) is -3.81. The number of aromatic amines is 1. The van der Waals surface area contributed by atoms with E-state index in [0.29, 0.717) is 27.9 Å². The third kappa shape index (κ3) is 6.46. The van der Waals surface area contributed by atoms with Crippen LogP contribution in [0, 0.1) is 30.6 Å². The second-order valence-electron chi connectivity index (χ2n) is 13.3. The van der Waals surface area contributed by atoms with Gasteiger partial charge in [0.2, 0.25) is 11.8 Å². The summed E-state index contributed by atoms with van der Waals surface area (Å²) in [7, 11) is 0. The molecule has 0 radical (unpaired) electrons. The number of thioether (sulfide) groups is 1. The number of nitrogens with two attached hydrogens (primary N) is 1. The molecule has 4 saturated heterocycles. The number of amides is 2. The van der Waals surface area contributed by atoms with Gasteiger partial charge in [-0.1, -0.05) is 19.9 Å². The number of carbonyl (C=O) groups excluding carboxylic acids is 2. The highest BCUT2D eigenvalue weighted by Crippen LogP contribution is 2.46. The number of aliphatic hydroxyl groups excluding tert-OH is 1. The Morgan fingerprint density at radius 1 is 1.11 bits per heavy atom. The predicted molar refractivity (Wildman–Crippen MR) is 176 cm³/mol. The number of hydrogen-bond acceptors (Lipinski definition) is 9. The quantitative estimate of drug-likeness (QED) is 0.0942. The van der Waals surface area contributed by atoms with E-state index in [4.69, 9.17) is 5.73 Å². The summed E-state index contributed by atoms with van der Waals surface area (Å²) in [6.07, 6.45) is 4.31. The minimum absolute atomic E-state index is 0.0177. The molecule has 1 aromatic rings. The lowest BCUT2D eigenvalue weighted by molar-refractivity contribution is -0.137. The Hall–Kier alpha value is -4.01. The third-order valence-electron chi connectivity index (χ3n) is 10.2. The highest BCUT2D eigenvalue weighted by molar-refractivity contribution is 8.06. The fourth-order valence-corrected chi connectivity index (χ4v) is 8.13. The first-order chi connectivity index (χ1) is 22.0. The maximum Gasteiger partial charge on any atom is 0.311 e. The molecule has 1 aromatic heterocycles. The van der Waals surface area contributed by atoms with Crippen molar-refractivity contribution in [2.75, 3.05) is 5.75 Å².